The Bertz CT molecular complexity index is 690. The Morgan fingerprint density at radius 3 is 2.16 bits per heavy atom. The van der Waals surface area contributed by atoms with Crippen LogP contribution in [-0.2, 0) is 11.3 Å². The zero-order chi connectivity index (χ0) is 17.1. The highest BCUT2D eigenvalue weighted by Gasteiger charge is 2.43. The minimum Gasteiger partial charge on any atom is -0.490 e. The van der Waals surface area contributed by atoms with Crippen LogP contribution in [0, 0.1) is 11.8 Å². The largest absolute Gasteiger partial charge is 0.490 e. The van der Waals surface area contributed by atoms with Crippen LogP contribution in [0.2, 0.25) is 0 Å². The van der Waals surface area contributed by atoms with E-state index in [1.54, 1.807) is 0 Å². The molecule has 0 aromatic heterocycles. The number of hydrogen-bond acceptors (Lipinski definition) is 3. The van der Waals surface area contributed by atoms with Gasteiger partial charge >= 0.3 is 6.09 Å². The van der Waals surface area contributed by atoms with Crippen molar-refractivity contribution in [1.82, 2.24) is 4.90 Å². The number of nitrogens with zero attached hydrogens (tertiary/aromatic N) is 1. The van der Waals surface area contributed by atoms with Crippen molar-refractivity contribution in [3.05, 3.63) is 66.2 Å². The molecule has 2 aromatic carbocycles. The average molecular weight is 337 g/mol. The van der Waals surface area contributed by atoms with E-state index in [9.17, 15) is 4.79 Å². The highest BCUT2D eigenvalue weighted by Crippen LogP contribution is 2.39. The van der Waals surface area contributed by atoms with Gasteiger partial charge in [-0.3, -0.25) is 0 Å². The van der Waals surface area contributed by atoms with Gasteiger partial charge in [-0.05, 0) is 42.4 Å². The van der Waals surface area contributed by atoms with Crippen LogP contribution in [-0.4, -0.2) is 30.2 Å². The van der Waals surface area contributed by atoms with Gasteiger partial charge in [0.05, 0.1) is 6.10 Å². The zero-order valence-corrected chi connectivity index (χ0v) is 14.2. The summed E-state index contributed by atoms with van der Waals surface area (Å²) in [5.41, 5.74) is 1.02. The van der Waals surface area contributed by atoms with Crippen molar-refractivity contribution in [2.45, 2.75) is 25.6 Å². The summed E-state index contributed by atoms with van der Waals surface area (Å²) >= 11 is 0. The Morgan fingerprint density at radius 1 is 0.920 bits per heavy atom. The van der Waals surface area contributed by atoms with Crippen LogP contribution >= 0.6 is 0 Å². The minimum atomic E-state index is -0.196. The van der Waals surface area contributed by atoms with Gasteiger partial charge in [0.15, 0.2) is 0 Å². The third kappa shape index (κ3) is 3.78. The van der Waals surface area contributed by atoms with Crippen molar-refractivity contribution in [3.63, 3.8) is 0 Å². The van der Waals surface area contributed by atoms with Crippen LogP contribution in [0.3, 0.4) is 0 Å². The van der Waals surface area contributed by atoms with Gasteiger partial charge in [0.25, 0.3) is 0 Å². The van der Waals surface area contributed by atoms with E-state index in [2.05, 4.69) is 0 Å². The van der Waals surface area contributed by atoms with Gasteiger partial charge in [0.2, 0.25) is 0 Å². The molecule has 2 aromatic rings. The first-order chi connectivity index (χ1) is 12.3. The predicted octanol–water partition coefficient (Wildman–Crippen LogP) is 4.11. The molecule has 0 unspecified atom stereocenters. The van der Waals surface area contributed by atoms with Gasteiger partial charge < -0.3 is 14.4 Å². The number of fused-ring (bicyclic) bond motifs is 1. The van der Waals surface area contributed by atoms with Crippen molar-refractivity contribution in [3.8, 4) is 5.75 Å². The molecular formula is C21H23NO3. The molecule has 130 valence electrons. The van der Waals surface area contributed by atoms with Gasteiger partial charge in [-0.2, -0.15) is 0 Å². The molecule has 25 heavy (non-hydrogen) atoms. The van der Waals surface area contributed by atoms with Gasteiger partial charge in [-0.25, -0.2) is 4.79 Å². The topological polar surface area (TPSA) is 38.8 Å². The molecule has 1 saturated heterocycles. The fourth-order valence-electron chi connectivity index (χ4n) is 3.99. The summed E-state index contributed by atoms with van der Waals surface area (Å²) in [6.07, 6.45) is 2.10. The summed E-state index contributed by atoms with van der Waals surface area (Å²) in [6.45, 7) is 1.91. The Kier molecular flexibility index (Phi) is 4.59. The molecule has 0 spiro atoms. The second-order valence-electron chi connectivity index (χ2n) is 6.99. The van der Waals surface area contributed by atoms with Crippen molar-refractivity contribution >= 4 is 6.09 Å². The number of ether oxygens (including phenoxy) is 2. The highest BCUT2D eigenvalue weighted by atomic mass is 16.6. The molecule has 4 nitrogen and oxygen atoms in total. The lowest BCUT2D eigenvalue weighted by Gasteiger charge is -2.20. The lowest BCUT2D eigenvalue weighted by atomic mass is 10.0. The summed E-state index contributed by atoms with van der Waals surface area (Å²) in [7, 11) is 0. The normalized spacial score (nSPS) is 24.8. The molecule has 3 atom stereocenters. The van der Waals surface area contributed by atoms with Gasteiger partial charge in [-0.15, -0.1) is 0 Å². The number of carbonyl (C=O) groups excluding carboxylic acids is 1. The molecule has 1 aliphatic heterocycles. The lowest BCUT2D eigenvalue weighted by molar-refractivity contribution is 0.0986. The van der Waals surface area contributed by atoms with E-state index in [4.69, 9.17) is 9.47 Å². The number of likely N-dealkylation sites (tertiary alicyclic amines) is 1. The van der Waals surface area contributed by atoms with Crippen molar-refractivity contribution < 1.29 is 14.3 Å². The summed E-state index contributed by atoms with van der Waals surface area (Å²) in [5.74, 6) is 1.99. The molecule has 4 heteroatoms. The standard InChI is InChI=1S/C21H23NO3/c23-21(24-15-16-7-3-1-4-8-16)22-13-17-11-20(12-18(17)14-22)25-19-9-5-2-6-10-19/h1-10,17-18,20H,11-15H2/t17-,18+,20+. The fraction of sp³-hybridized carbons (Fsp3) is 0.381. The second kappa shape index (κ2) is 7.18. The number of amides is 1. The molecule has 2 fully saturated rings. The third-order valence-electron chi connectivity index (χ3n) is 5.22. The number of benzene rings is 2. The van der Waals surface area contributed by atoms with Crippen molar-refractivity contribution in [2.24, 2.45) is 11.8 Å². The van der Waals surface area contributed by atoms with E-state index in [1.807, 2.05) is 65.6 Å². The summed E-state index contributed by atoms with van der Waals surface area (Å²) in [5, 5.41) is 0. The molecule has 1 saturated carbocycles. The summed E-state index contributed by atoms with van der Waals surface area (Å²) in [6, 6.07) is 19.8. The van der Waals surface area contributed by atoms with E-state index in [-0.39, 0.29) is 12.2 Å². The number of hydrogen-bond donors (Lipinski definition) is 0. The Hall–Kier alpha value is -2.49. The Balaban J connectivity index is 1.25. The number of para-hydroxylation sites is 1. The molecule has 1 aliphatic carbocycles. The quantitative estimate of drug-likeness (QED) is 0.843. The molecule has 0 bridgehead atoms. The first-order valence-corrected chi connectivity index (χ1v) is 8.95. The predicted molar refractivity (Wildman–Crippen MR) is 95.3 cm³/mol. The SMILES string of the molecule is O=C(OCc1ccccc1)N1C[C@H]2C[C@H](Oc3ccccc3)C[C@H]2C1. The van der Waals surface area contributed by atoms with E-state index >= 15 is 0 Å². The molecule has 2 aliphatic rings. The monoisotopic (exact) mass is 337 g/mol. The summed E-state index contributed by atoms with van der Waals surface area (Å²) < 4.78 is 11.5. The van der Waals surface area contributed by atoms with E-state index in [1.165, 1.54) is 0 Å². The maximum atomic E-state index is 12.3. The average Bonchev–Trinajstić information content (AvgIpc) is 3.20. The molecule has 4 rings (SSSR count). The van der Waals surface area contributed by atoms with Crippen molar-refractivity contribution in [2.75, 3.05) is 13.1 Å². The number of carbonyl (C=O) groups is 1. The van der Waals surface area contributed by atoms with Gasteiger partial charge in [0, 0.05) is 13.1 Å². The van der Waals surface area contributed by atoms with Crippen LogP contribution in [0.4, 0.5) is 4.79 Å². The van der Waals surface area contributed by atoms with Gasteiger partial charge in [0.1, 0.15) is 12.4 Å². The maximum absolute atomic E-state index is 12.3. The van der Waals surface area contributed by atoms with Crippen LogP contribution in [0.25, 0.3) is 0 Å². The maximum Gasteiger partial charge on any atom is 0.410 e. The van der Waals surface area contributed by atoms with Crippen LogP contribution in [0.15, 0.2) is 60.7 Å². The molecular weight excluding hydrogens is 314 g/mol. The van der Waals surface area contributed by atoms with Gasteiger partial charge in [-0.1, -0.05) is 48.5 Å². The first kappa shape index (κ1) is 16.0. The molecule has 0 N–H and O–H groups in total. The van der Waals surface area contributed by atoms with Crippen molar-refractivity contribution in [1.29, 1.82) is 0 Å². The molecule has 0 radical (unpaired) electrons. The Morgan fingerprint density at radius 2 is 1.52 bits per heavy atom. The second-order valence-corrected chi connectivity index (χ2v) is 6.99. The van der Waals surface area contributed by atoms with E-state index < -0.39 is 0 Å². The summed E-state index contributed by atoms with van der Waals surface area (Å²) in [4.78, 5) is 14.2. The third-order valence-corrected chi connectivity index (χ3v) is 5.22. The zero-order valence-electron chi connectivity index (χ0n) is 14.2. The van der Waals surface area contributed by atoms with Crippen LogP contribution in [0.1, 0.15) is 18.4 Å². The van der Waals surface area contributed by atoms with E-state index in [0.717, 1.165) is 37.2 Å². The molecule has 1 amide bonds. The first-order valence-electron chi connectivity index (χ1n) is 8.95. The van der Waals surface area contributed by atoms with Crippen LogP contribution in [0.5, 0.6) is 5.75 Å². The number of rotatable bonds is 4. The van der Waals surface area contributed by atoms with E-state index in [0.29, 0.717) is 18.4 Å². The van der Waals surface area contributed by atoms with Crippen LogP contribution < -0.4 is 4.74 Å². The Labute approximate surface area is 148 Å². The minimum absolute atomic E-state index is 0.196. The lowest BCUT2D eigenvalue weighted by Crippen LogP contribution is -2.31. The smallest absolute Gasteiger partial charge is 0.410 e. The molecule has 1 heterocycles. The highest BCUT2D eigenvalue weighted by molar-refractivity contribution is 5.68. The fourth-order valence-corrected chi connectivity index (χ4v) is 3.99.